The summed E-state index contributed by atoms with van der Waals surface area (Å²) < 4.78 is 39.2. The number of esters is 1. The smallest absolute Gasteiger partial charge is 0.343 e. The van der Waals surface area contributed by atoms with E-state index < -0.39 is 5.97 Å². The Bertz CT molecular complexity index is 1060. The number of rotatable bonds is 22. The molecule has 0 saturated carbocycles. The van der Waals surface area contributed by atoms with Crippen molar-refractivity contribution in [3.8, 4) is 17.2 Å². The maximum Gasteiger partial charge on any atom is 0.343 e. The molecule has 2 heterocycles. The van der Waals surface area contributed by atoms with Crippen LogP contribution in [0.5, 0.6) is 17.2 Å². The Morgan fingerprint density at radius 1 is 0.581 bits per heavy atom. The van der Waals surface area contributed by atoms with Gasteiger partial charge in [0.15, 0.2) is 0 Å². The summed E-state index contributed by atoms with van der Waals surface area (Å²) in [6.07, 6.45) is 8.58. The molecular formula is C35H50O8. The summed E-state index contributed by atoms with van der Waals surface area (Å²) in [5, 5.41) is 0. The number of hydrogen-bond acceptors (Lipinski definition) is 8. The van der Waals surface area contributed by atoms with Crippen molar-refractivity contribution in [1.82, 2.24) is 0 Å². The lowest BCUT2D eigenvalue weighted by molar-refractivity contribution is -0.138. The van der Waals surface area contributed by atoms with Gasteiger partial charge in [-0.25, -0.2) is 4.79 Å². The van der Waals surface area contributed by atoms with E-state index in [4.69, 9.17) is 33.2 Å². The van der Waals surface area contributed by atoms with Crippen LogP contribution in [0.15, 0.2) is 48.5 Å². The van der Waals surface area contributed by atoms with E-state index in [1.807, 2.05) is 24.3 Å². The first-order valence-corrected chi connectivity index (χ1v) is 15.9. The molecule has 0 unspecified atom stereocenters. The third kappa shape index (κ3) is 12.1. The largest absolute Gasteiger partial charge is 0.494 e. The van der Waals surface area contributed by atoms with Crippen LogP contribution < -0.4 is 14.2 Å². The molecule has 0 atom stereocenters. The van der Waals surface area contributed by atoms with E-state index in [1.165, 1.54) is 0 Å². The van der Waals surface area contributed by atoms with Crippen LogP contribution in [-0.4, -0.2) is 72.0 Å². The van der Waals surface area contributed by atoms with Crippen LogP contribution in [0.4, 0.5) is 0 Å². The first-order chi connectivity index (χ1) is 20.9. The maximum absolute atomic E-state index is 12.6. The van der Waals surface area contributed by atoms with E-state index in [0.717, 1.165) is 116 Å². The van der Waals surface area contributed by atoms with Gasteiger partial charge in [0.1, 0.15) is 17.2 Å². The molecule has 238 valence electrons. The quantitative estimate of drug-likeness (QED) is 0.0824. The lowest BCUT2D eigenvalue weighted by atomic mass is 9.90. The third-order valence-electron chi connectivity index (χ3n) is 7.73. The Kier molecular flexibility index (Phi) is 13.6. The number of carbonyl (C=O) groups excluding carboxylic acids is 1. The van der Waals surface area contributed by atoms with Crippen molar-refractivity contribution in [2.75, 3.05) is 66.1 Å². The minimum absolute atomic E-state index is 0.224. The number of benzene rings is 2. The molecular weight excluding hydrogens is 548 g/mol. The van der Waals surface area contributed by atoms with Crippen LogP contribution in [0, 0.1) is 10.8 Å². The molecule has 2 aliphatic rings. The molecule has 43 heavy (non-hydrogen) atoms. The van der Waals surface area contributed by atoms with Gasteiger partial charge in [-0.05, 0) is 87.1 Å². The number of hydrogen-bond donors (Lipinski definition) is 0. The second-order valence-electron chi connectivity index (χ2n) is 12.6. The van der Waals surface area contributed by atoms with Gasteiger partial charge in [0, 0.05) is 24.0 Å². The molecule has 0 radical (unpaired) electrons. The van der Waals surface area contributed by atoms with Gasteiger partial charge in [0.05, 0.1) is 58.4 Å². The van der Waals surface area contributed by atoms with Gasteiger partial charge in [0.2, 0.25) is 0 Å². The predicted molar refractivity (Wildman–Crippen MR) is 165 cm³/mol. The normalized spacial score (nSPS) is 16.6. The predicted octanol–water partition coefficient (Wildman–Crippen LogP) is 6.89. The summed E-state index contributed by atoms with van der Waals surface area (Å²) in [7, 11) is 0. The van der Waals surface area contributed by atoms with Crippen molar-refractivity contribution in [2.45, 2.75) is 65.2 Å². The molecule has 0 amide bonds. The topological polar surface area (TPSA) is 81.7 Å². The Balaban J connectivity index is 0.995. The Labute approximate surface area is 257 Å². The van der Waals surface area contributed by atoms with E-state index >= 15 is 0 Å². The second kappa shape index (κ2) is 17.6. The van der Waals surface area contributed by atoms with Crippen molar-refractivity contribution in [1.29, 1.82) is 0 Å². The van der Waals surface area contributed by atoms with Crippen molar-refractivity contribution in [3.05, 3.63) is 54.1 Å². The summed E-state index contributed by atoms with van der Waals surface area (Å²) in [6.45, 7) is 12.2. The molecule has 2 aromatic rings. The number of carbonyl (C=O) groups is 1. The van der Waals surface area contributed by atoms with Crippen LogP contribution in [0.2, 0.25) is 0 Å². The van der Waals surface area contributed by atoms with E-state index in [0.29, 0.717) is 24.5 Å². The van der Waals surface area contributed by atoms with Gasteiger partial charge in [0.25, 0.3) is 0 Å². The van der Waals surface area contributed by atoms with E-state index in [9.17, 15) is 4.79 Å². The molecule has 2 aliphatic heterocycles. The Hall–Kier alpha value is -2.65. The molecule has 0 aliphatic carbocycles. The lowest BCUT2D eigenvalue weighted by Gasteiger charge is -2.37. The molecule has 0 spiro atoms. The molecule has 2 saturated heterocycles. The minimum Gasteiger partial charge on any atom is -0.494 e. The zero-order valence-corrected chi connectivity index (χ0v) is 26.1. The van der Waals surface area contributed by atoms with E-state index in [1.54, 1.807) is 24.3 Å². The van der Waals surface area contributed by atoms with Crippen molar-refractivity contribution < 1.29 is 38.0 Å². The highest BCUT2D eigenvalue weighted by Gasteiger charge is 2.34. The molecule has 8 nitrogen and oxygen atoms in total. The van der Waals surface area contributed by atoms with Crippen molar-refractivity contribution in [2.24, 2.45) is 10.8 Å². The van der Waals surface area contributed by atoms with Gasteiger partial charge in [-0.1, -0.05) is 26.7 Å². The van der Waals surface area contributed by atoms with Crippen LogP contribution in [0.25, 0.3) is 0 Å². The lowest BCUT2D eigenvalue weighted by Crippen LogP contribution is -2.43. The van der Waals surface area contributed by atoms with Gasteiger partial charge < -0.3 is 33.2 Å². The fourth-order valence-corrected chi connectivity index (χ4v) is 4.86. The average Bonchev–Trinajstić information content (AvgIpc) is 2.98. The van der Waals surface area contributed by atoms with Crippen molar-refractivity contribution >= 4 is 5.97 Å². The molecule has 0 bridgehead atoms. The van der Waals surface area contributed by atoms with Gasteiger partial charge >= 0.3 is 5.97 Å². The highest BCUT2D eigenvalue weighted by Crippen LogP contribution is 2.27. The molecule has 2 fully saturated rings. The Morgan fingerprint density at radius 3 is 1.40 bits per heavy atom. The maximum atomic E-state index is 12.6. The third-order valence-corrected chi connectivity index (χ3v) is 7.73. The number of ether oxygens (including phenoxy) is 7. The summed E-state index contributed by atoms with van der Waals surface area (Å²) in [5.41, 5.74) is 0.929. The van der Waals surface area contributed by atoms with Crippen LogP contribution in [0.1, 0.15) is 75.6 Å². The molecule has 4 rings (SSSR count). The van der Waals surface area contributed by atoms with Gasteiger partial charge in [-0.3, -0.25) is 0 Å². The molecule has 2 aromatic carbocycles. The van der Waals surface area contributed by atoms with Crippen LogP contribution in [0.3, 0.4) is 0 Å². The molecule has 0 aromatic heterocycles. The molecule has 0 N–H and O–H groups in total. The first-order valence-electron chi connectivity index (χ1n) is 15.9. The average molecular weight is 599 g/mol. The highest BCUT2D eigenvalue weighted by molar-refractivity contribution is 5.91. The van der Waals surface area contributed by atoms with E-state index in [-0.39, 0.29) is 10.8 Å². The number of unbranched alkanes of at least 4 members (excludes halogenated alkanes) is 6. The monoisotopic (exact) mass is 598 g/mol. The zero-order chi connectivity index (χ0) is 30.2. The fourth-order valence-electron chi connectivity index (χ4n) is 4.86. The summed E-state index contributed by atoms with van der Waals surface area (Å²) in [6, 6.07) is 14.3. The van der Waals surface area contributed by atoms with Gasteiger partial charge in [-0.15, -0.1) is 0 Å². The zero-order valence-electron chi connectivity index (χ0n) is 26.1. The standard InChI is InChI=1S/C35H50O8/c1-34(25-39-26-34)23-37-19-7-3-5-9-21-41-30-13-11-29(12-14-30)33(36)43-32-17-15-31(16-18-32)42-22-10-6-4-8-20-38-24-35(2)27-40-28-35/h11-18H,3-10,19-28H2,1-2H3. The van der Waals surface area contributed by atoms with Crippen LogP contribution in [-0.2, 0) is 18.9 Å². The summed E-state index contributed by atoms with van der Waals surface area (Å²) in [4.78, 5) is 12.6. The fraction of sp³-hybridized carbons (Fsp3) is 0.629. The Morgan fingerprint density at radius 2 is 0.977 bits per heavy atom. The second-order valence-corrected chi connectivity index (χ2v) is 12.6. The molecule has 8 heteroatoms. The van der Waals surface area contributed by atoms with E-state index in [2.05, 4.69) is 13.8 Å². The summed E-state index contributed by atoms with van der Waals surface area (Å²) in [5.74, 6) is 1.60. The summed E-state index contributed by atoms with van der Waals surface area (Å²) >= 11 is 0. The SMILES string of the molecule is CC1(COCCCCCCOc2ccc(OC(=O)c3ccc(OCCCCCCOCC4(C)COC4)cc3)cc2)COC1. The van der Waals surface area contributed by atoms with Gasteiger partial charge in [-0.2, -0.15) is 0 Å². The highest BCUT2D eigenvalue weighted by atomic mass is 16.5. The van der Waals surface area contributed by atoms with Crippen molar-refractivity contribution in [3.63, 3.8) is 0 Å². The van der Waals surface area contributed by atoms with Crippen LogP contribution >= 0.6 is 0 Å². The minimum atomic E-state index is -0.402. The first kappa shape index (κ1) is 33.2.